The van der Waals surface area contributed by atoms with Crippen molar-refractivity contribution in [1.82, 2.24) is 9.88 Å². The van der Waals surface area contributed by atoms with E-state index >= 15 is 0 Å². The van der Waals surface area contributed by atoms with Crippen LogP contribution < -0.4 is 5.73 Å². The van der Waals surface area contributed by atoms with E-state index < -0.39 is 5.54 Å². The molecule has 1 unspecified atom stereocenters. The minimum absolute atomic E-state index is 0.0258. The van der Waals surface area contributed by atoms with Crippen LogP contribution >= 0.6 is 0 Å². The zero-order valence-corrected chi connectivity index (χ0v) is 11.8. The highest BCUT2D eigenvalue weighted by Crippen LogP contribution is 2.30. The van der Waals surface area contributed by atoms with Gasteiger partial charge in [-0.1, -0.05) is 19.3 Å². The summed E-state index contributed by atoms with van der Waals surface area (Å²) in [5.41, 5.74) is 6.75. The molecular formula is C15H23N3O. The number of nitrogens with zero attached hydrogens (tertiary/aromatic N) is 2. The van der Waals surface area contributed by atoms with Crippen LogP contribution in [0.2, 0.25) is 0 Å². The number of hydrogen-bond donors (Lipinski definition) is 1. The van der Waals surface area contributed by atoms with Crippen molar-refractivity contribution in [3.63, 3.8) is 0 Å². The number of carbonyl (C=O) groups is 1. The smallest absolute Gasteiger partial charge is 0.242 e. The maximum atomic E-state index is 12.6. The Hall–Kier alpha value is -1.42. The molecule has 2 N–H and O–H groups in total. The van der Waals surface area contributed by atoms with E-state index in [2.05, 4.69) is 4.98 Å². The summed E-state index contributed by atoms with van der Waals surface area (Å²) in [4.78, 5) is 18.4. The van der Waals surface area contributed by atoms with Gasteiger partial charge in [0.15, 0.2) is 0 Å². The molecule has 104 valence electrons. The molecule has 1 saturated carbocycles. The molecule has 0 bridgehead atoms. The minimum atomic E-state index is -0.658. The van der Waals surface area contributed by atoms with Crippen LogP contribution in [0.5, 0.6) is 0 Å². The van der Waals surface area contributed by atoms with Crippen LogP contribution in [0, 0.1) is 0 Å². The molecule has 1 aliphatic rings. The van der Waals surface area contributed by atoms with Crippen LogP contribution in [-0.4, -0.2) is 28.4 Å². The van der Waals surface area contributed by atoms with Crippen molar-refractivity contribution in [2.24, 2.45) is 5.73 Å². The van der Waals surface area contributed by atoms with Gasteiger partial charge >= 0.3 is 0 Å². The van der Waals surface area contributed by atoms with Crippen molar-refractivity contribution in [2.45, 2.75) is 50.6 Å². The summed E-state index contributed by atoms with van der Waals surface area (Å²) in [5.74, 6) is 0.0662. The third-order valence-corrected chi connectivity index (χ3v) is 4.26. The Bertz CT molecular complexity index is 426. The Morgan fingerprint density at radius 3 is 2.47 bits per heavy atom. The highest BCUT2D eigenvalue weighted by Gasteiger charge is 2.38. The number of pyridine rings is 1. The Morgan fingerprint density at radius 2 is 1.89 bits per heavy atom. The van der Waals surface area contributed by atoms with Crippen molar-refractivity contribution in [3.05, 3.63) is 30.1 Å². The van der Waals surface area contributed by atoms with Crippen LogP contribution in [0.1, 0.15) is 50.6 Å². The maximum Gasteiger partial charge on any atom is 0.242 e. The quantitative estimate of drug-likeness (QED) is 0.908. The predicted octanol–water partition coefficient (Wildman–Crippen LogP) is 2.26. The summed E-state index contributed by atoms with van der Waals surface area (Å²) in [6.45, 7) is 2.03. The average molecular weight is 261 g/mol. The number of carbonyl (C=O) groups excluding carboxylic acids is 1. The lowest BCUT2D eigenvalue weighted by molar-refractivity contribution is -0.138. The van der Waals surface area contributed by atoms with Gasteiger partial charge in [-0.2, -0.15) is 0 Å². The van der Waals surface area contributed by atoms with E-state index in [-0.39, 0.29) is 11.9 Å². The van der Waals surface area contributed by atoms with Crippen LogP contribution in [0.15, 0.2) is 24.5 Å². The van der Waals surface area contributed by atoms with E-state index in [1.807, 2.05) is 26.1 Å². The summed E-state index contributed by atoms with van der Waals surface area (Å²) in [6.07, 6.45) is 8.42. The predicted molar refractivity (Wildman–Crippen MR) is 75.4 cm³/mol. The molecule has 1 atom stereocenters. The van der Waals surface area contributed by atoms with Crippen LogP contribution in [0.3, 0.4) is 0 Å². The minimum Gasteiger partial charge on any atom is -0.337 e. The van der Waals surface area contributed by atoms with Gasteiger partial charge in [-0.05, 0) is 37.5 Å². The molecule has 4 heteroatoms. The molecule has 0 aromatic carbocycles. The van der Waals surface area contributed by atoms with Gasteiger partial charge in [0, 0.05) is 19.4 Å². The number of rotatable bonds is 3. The van der Waals surface area contributed by atoms with E-state index in [0.717, 1.165) is 31.2 Å². The molecule has 4 nitrogen and oxygen atoms in total. The first-order valence-corrected chi connectivity index (χ1v) is 7.01. The number of amides is 1. The van der Waals surface area contributed by atoms with E-state index in [0.29, 0.717) is 0 Å². The van der Waals surface area contributed by atoms with E-state index in [9.17, 15) is 4.79 Å². The van der Waals surface area contributed by atoms with Crippen molar-refractivity contribution in [2.75, 3.05) is 7.05 Å². The van der Waals surface area contributed by atoms with Gasteiger partial charge in [0.1, 0.15) is 0 Å². The average Bonchev–Trinajstić information content (AvgIpc) is 2.46. The van der Waals surface area contributed by atoms with Crippen molar-refractivity contribution in [3.8, 4) is 0 Å². The molecule has 19 heavy (non-hydrogen) atoms. The Balaban J connectivity index is 2.10. The van der Waals surface area contributed by atoms with Crippen molar-refractivity contribution >= 4 is 5.91 Å². The number of aromatic nitrogens is 1. The standard InChI is InChI=1S/C15H23N3O/c1-12(13-6-10-17-11-7-13)18(2)14(19)15(16)8-4-3-5-9-15/h6-7,10-12H,3-5,8-9,16H2,1-2H3. The normalized spacial score (nSPS) is 19.7. The maximum absolute atomic E-state index is 12.6. The molecule has 1 aromatic rings. The first kappa shape index (κ1) is 14.0. The topological polar surface area (TPSA) is 59.2 Å². The third-order valence-electron chi connectivity index (χ3n) is 4.26. The SMILES string of the molecule is CC(c1ccncc1)N(C)C(=O)C1(N)CCCCC1. The monoisotopic (exact) mass is 261 g/mol. The van der Waals surface area contributed by atoms with Gasteiger partial charge in [-0.25, -0.2) is 0 Å². The summed E-state index contributed by atoms with van der Waals surface area (Å²) in [5, 5.41) is 0. The fraction of sp³-hybridized carbons (Fsp3) is 0.600. The van der Waals surface area contributed by atoms with Gasteiger partial charge in [0.2, 0.25) is 5.91 Å². The lowest BCUT2D eigenvalue weighted by atomic mass is 9.81. The van der Waals surface area contributed by atoms with E-state index in [1.54, 1.807) is 17.3 Å². The second-order valence-corrected chi connectivity index (χ2v) is 5.59. The molecule has 1 amide bonds. The molecule has 0 saturated heterocycles. The second kappa shape index (κ2) is 5.70. The number of nitrogens with two attached hydrogens (primary N) is 1. The van der Waals surface area contributed by atoms with Gasteiger partial charge < -0.3 is 10.6 Å². The fourth-order valence-electron chi connectivity index (χ4n) is 2.79. The van der Waals surface area contributed by atoms with Gasteiger partial charge in [-0.3, -0.25) is 9.78 Å². The molecule has 0 spiro atoms. The number of hydrogen-bond acceptors (Lipinski definition) is 3. The molecule has 1 fully saturated rings. The molecule has 0 radical (unpaired) electrons. The highest BCUT2D eigenvalue weighted by molar-refractivity contribution is 5.86. The van der Waals surface area contributed by atoms with Gasteiger partial charge in [0.05, 0.1) is 11.6 Å². The van der Waals surface area contributed by atoms with Crippen LogP contribution in [0.25, 0.3) is 0 Å². The number of likely N-dealkylation sites (N-methyl/N-ethyl adjacent to an activating group) is 1. The molecule has 1 aromatic heterocycles. The first-order chi connectivity index (χ1) is 9.04. The van der Waals surface area contributed by atoms with Crippen molar-refractivity contribution < 1.29 is 4.79 Å². The van der Waals surface area contributed by atoms with Crippen molar-refractivity contribution in [1.29, 1.82) is 0 Å². The lowest BCUT2D eigenvalue weighted by Gasteiger charge is -2.37. The van der Waals surface area contributed by atoms with Crippen LogP contribution in [-0.2, 0) is 4.79 Å². The van der Waals surface area contributed by atoms with E-state index in [4.69, 9.17) is 5.73 Å². The van der Waals surface area contributed by atoms with Crippen LogP contribution in [0.4, 0.5) is 0 Å². The summed E-state index contributed by atoms with van der Waals surface area (Å²) >= 11 is 0. The van der Waals surface area contributed by atoms with E-state index in [1.165, 1.54) is 6.42 Å². The molecular weight excluding hydrogens is 238 g/mol. The summed E-state index contributed by atoms with van der Waals surface area (Å²) in [7, 11) is 1.84. The Kier molecular flexibility index (Phi) is 4.20. The van der Waals surface area contributed by atoms with Gasteiger partial charge in [-0.15, -0.1) is 0 Å². The lowest BCUT2D eigenvalue weighted by Crippen LogP contribution is -2.55. The highest BCUT2D eigenvalue weighted by atomic mass is 16.2. The molecule has 0 aliphatic heterocycles. The first-order valence-electron chi connectivity index (χ1n) is 7.01. The summed E-state index contributed by atoms with van der Waals surface area (Å²) < 4.78 is 0. The second-order valence-electron chi connectivity index (χ2n) is 5.59. The fourth-order valence-corrected chi connectivity index (χ4v) is 2.79. The largest absolute Gasteiger partial charge is 0.337 e. The Morgan fingerprint density at radius 1 is 1.32 bits per heavy atom. The molecule has 2 rings (SSSR count). The third kappa shape index (κ3) is 2.95. The zero-order chi connectivity index (χ0) is 13.9. The Labute approximate surface area is 115 Å². The molecule has 1 heterocycles. The molecule has 1 aliphatic carbocycles. The summed E-state index contributed by atoms with van der Waals surface area (Å²) in [6, 6.07) is 3.91. The zero-order valence-electron chi connectivity index (χ0n) is 11.8. The van der Waals surface area contributed by atoms with Gasteiger partial charge in [0.25, 0.3) is 0 Å².